The first-order chi connectivity index (χ1) is 11.3. The molecule has 0 spiro atoms. The van der Waals surface area contributed by atoms with Crippen LogP contribution in [-0.2, 0) is 6.42 Å². The van der Waals surface area contributed by atoms with Gasteiger partial charge in [0.05, 0.1) is 7.11 Å². The number of carbonyl (C=O) groups excluding carboxylic acids is 1. The van der Waals surface area contributed by atoms with Crippen LogP contribution >= 0.6 is 0 Å². The molecular formula is C21H16O2. The minimum atomic E-state index is 0.0415. The smallest absolute Gasteiger partial charge is 0.193 e. The van der Waals surface area contributed by atoms with Gasteiger partial charge in [-0.05, 0) is 59.0 Å². The number of rotatable bonds is 3. The van der Waals surface area contributed by atoms with E-state index in [0.29, 0.717) is 5.56 Å². The third-order valence-corrected chi connectivity index (χ3v) is 4.41. The SMILES string of the molecule is COc1ccc(C(=O)c2ccc3c(c2)-c2ccccc2C3)cc1. The van der Waals surface area contributed by atoms with Crippen LogP contribution in [0.4, 0.5) is 0 Å². The van der Waals surface area contributed by atoms with Crippen molar-refractivity contribution in [2.75, 3.05) is 7.11 Å². The average molecular weight is 300 g/mol. The number of hydrogen-bond donors (Lipinski definition) is 0. The quantitative estimate of drug-likeness (QED) is 0.521. The predicted octanol–water partition coefficient (Wildman–Crippen LogP) is 4.50. The molecule has 0 heterocycles. The molecule has 0 N–H and O–H groups in total. The summed E-state index contributed by atoms with van der Waals surface area (Å²) < 4.78 is 5.14. The van der Waals surface area contributed by atoms with E-state index in [4.69, 9.17) is 4.74 Å². The Bertz CT molecular complexity index is 892. The van der Waals surface area contributed by atoms with Gasteiger partial charge in [0.1, 0.15) is 5.75 Å². The molecule has 2 nitrogen and oxygen atoms in total. The van der Waals surface area contributed by atoms with E-state index in [1.165, 1.54) is 22.3 Å². The molecule has 3 aromatic rings. The van der Waals surface area contributed by atoms with Crippen LogP contribution in [0.15, 0.2) is 66.7 Å². The largest absolute Gasteiger partial charge is 0.497 e. The van der Waals surface area contributed by atoms with Gasteiger partial charge in [-0.25, -0.2) is 0 Å². The number of hydrogen-bond acceptors (Lipinski definition) is 2. The van der Waals surface area contributed by atoms with E-state index in [-0.39, 0.29) is 5.78 Å². The van der Waals surface area contributed by atoms with Crippen LogP contribution in [0.25, 0.3) is 11.1 Å². The summed E-state index contributed by atoms with van der Waals surface area (Å²) in [6.45, 7) is 0. The third-order valence-electron chi connectivity index (χ3n) is 4.41. The van der Waals surface area contributed by atoms with Gasteiger partial charge in [0.25, 0.3) is 0 Å². The van der Waals surface area contributed by atoms with Crippen LogP contribution in [-0.4, -0.2) is 12.9 Å². The fourth-order valence-corrected chi connectivity index (χ4v) is 3.17. The van der Waals surface area contributed by atoms with E-state index in [2.05, 4.69) is 24.3 Å². The van der Waals surface area contributed by atoms with E-state index in [1.807, 2.05) is 42.5 Å². The van der Waals surface area contributed by atoms with E-state index in [9.17, 15) is 4.79 Å². The Kier molecular flexibility index (Phi) is 3.23. The van der Waals surface area contributed by atoms with Crippen molar-refractivity contribution in [2.24, 2.45) is 0 Å². The van der Waals surface area contributed by atoms with Crippen LogP contribution in [0.5, 0.6) is 5.75 Å². The average Bonchev–Trinajstić information content (AvgIpc) is 2.99. The number of fused-ring (bicyclic) bond motifs is 3. The third kappa shape index (κ3) is 2.33. The molecule has 0 aliphatic heterocycles. The molecule has 112 valence electrons. The molecule has 2 heteroatoms. The van der Waals surface area contributed by atoms with Gasteiger partial charge in [-0.3, -0.25) is 4.79 Å². The van der Waals surface area contributed by atoms with Crippen molar-refractivity contribution in [1.82, 2.24) is 0 Å². The van der Waals surface area contributed by atoms with Gasteiger partial charge >= 0.3 is 0 Å². The van der Waals surface area contributed by atoms with Gasteiger partial charge < -0.3 is 4.74 Å². The zero-order valence-corrected chi connectivity index (χ0v) is 12.9. The summed E-state index contributed by atoms with van der Waals surface area (Å²) in [5.74, 6) is 0.796. The molecule has 0 bridgehead atoms. The fraction of sp³-hybridized carbons (Fsp3) is 0.0952. The minimum absolute atomic E-state index is 0.0415. The summed E-state index contributed by atoms with van der Waals surface area (Å²) in [5, 5.41) is 0. The maximum Gasteiger partial charge on any atom is 0.193 e. The second-order valence-electron chi connectivity index (χ2n) is 5.76. The topological polar surface area (TPSA) is 26.3 Å². The van der Waals surface area contributed by atoms with E-state index in [0.717, 1.165) is 17.7 Å². The summed E-state index contributed by atoms with van der Waals surface area (Å²) in [7, 11) is 1.62. The molecule has 0 saturated carbocycles. The van der Waals surface area contributed by atoms with Crippen LogP contribution in [0.1, 0.15) is 27.0 Å². The lowest BCUT2D eigenvalue weighted by atomic mass is 9.98. The highest BCUT2D eigenvalue weighted by molar-refractivity contribution is 6.09. The van der Waals surface area contributed by atoms with Gasteiger partial charge in [-0.1, -0.05) is 36.4 Å². The Morgan fingerprint density at radius 2 is 1.52 bits per heavy atom. The molecule has 1 aliphatic carbocycles. The van der Waals surface area contributed by atoms with Crippen molar-refractivity contribution < 1.29 is 9.53 Å². The van der Waals surface area contributed by atoms with E-state index in [1.54, 1.807) is 7.11 Å². The number of carbonyl (C=O) groups is 1. The van der Waals surface area contributed by atoms with Crippen LogP contribution in [0.3, 0.4) is 0 Å². The molecule has 0 fully saturated rings. The first-order valence-corrected chi connectivity index (χ1v) is 7.66. The van der Waals surface area contributed by atoms with E-state index < -0.39 is 0 Å². The summed E-state index contributed by atoms with van der Waals surface area (Å²) in [4.78, 5) is 12.7. The summed E-state index contributed by atoms with van der Waals surface area (Å²) in [6.07, 6.45) is 0.947. The molecule has 1 aliphatic rings. The Morgan fingerprint density at radius 1 is 0.826 bits per heavy atom. The van der Waals surface area contributed by atoms with Crippen molar-refractivity contribution in [2.45, 2.75) is 6.42 Å². The lowest BCUT2D eigenvalue weighted by molar-refractivity contribution is 0.103. The van der Waals surface area contributed by atoms with Gasteiger partial charge in [-0.15, -0.1) is 0 Å². The molecule has 0 amide bonds. The zero-order valence-electron chi connectivity index (χ0n) is 12.9. The van der Waals surface area contributed by atoms with Crippen LogP contribution in [0, 0.1) is 0 Å². The molecule has 0 unspecified atom stereocenters. The standard InChI is InChI=1S/C21H16O2/c1-23-18-10-8-14(9-11-18)21(22)17-7-6-16-12-15-4-2-3-5-19(15)20(16)13-17/h2-11,13H,12H2,1H3. The number of methoxy groups -OCH3 is 1. The number of ketones is 1. The summed E-state index contributed by atoms with van der Waals surface area (Å²) in [5.41, 5.74) is 6.45. The second kappa shape index (κ2) is 5.40. The van der Waals surface area contributed by atoms with Crippen molar-refractivity contribution >= 4 is 5.78 Å². The highest BCUT2D eigenvalue weighted by Crippen LogP contribution is 2.37. The molecule has 23 heavy (non-hydrogen) atoms. The number of benzene rings is 3. The van der Waals surface area contributed by atoms with Crippen molar-refractivity contribution in [3.8, 4) is 16.9 Å². The van der Waals surface area contributed by atoms with Crippen LogP contribution < -0.4 is 4.74 Å². The molecule has 0 radical (unpaired) electrons. The van der Waals surface area contributed by atoms with Gasteiger partial charge in [-0.2, -0.15) is 0 Å². The summed E-state index contributed by atoms with van der Waals surface area (Å²) >= 11 is 0. The molecule has 0 saturated heterocycles. The second-order valence-corrected chi connectivity index (χ2v) is 5.76. The van der Waals surface area contributed by atoms with Gasteiger partial charge in [0.2, 0.25) is 0 Å². The normalized spacial score (nSPS) is 11.7. The predicted molar refractivity (Wildman–Crippen MR) is 91.1 cm³/mol. The van der Waals surface area contributed by atoms with Gasteiger partial charge in [0.15, 0.2) is 5.78 Å². The van der Waals surface area contributed by atoms with Crippen molar-refractivity contribution in [3.63, 3.8) is 0 Å². The Hall–Kier alpha value is -2.87. The Labute approximate surface area is 135 Å². The zero-order chi connectivity index (χ0) is 15.8. The molecule has 0 atom stereocenters. The summed E-state index contributed by atoms with van der Waals surface area (Å²) in [6, 6.07) is 21.7. The molecular weight excluding hydrogens is 284 g/mol. The molecule has 3 aromatic carbocycles. The first kappa shape index (κ1) is 13.8. The molecule has 4 rings (SSSR count). The lowest BCUT2D eigenvalue weighted by Crippen LogP contribution is -2.01. The fourth-order valence-electron chi connectivity index (χ4n) is 3.17. The monoisotopic (exact) mass is 300 g/mol. The van der Waals surface area contributed by atoms with E-state index >= 15 is 0 Å². The van der Waals surface area contributed by atoms with Gasteiger partial charge in [0, 0.05) is 11.1 Å². The van der Waals surface area contributed by atoms with Crippen LogP contribution in [0.2, 0.25) is 0 Å². The lowest BCUT2D eigenvalue weighted by Gasteiger charge is -2.06. The maximum atomic E-state index is 12.7. The highest BCUT2D eigenvalue weighted by atomic mass is 16.5. The minimum Gasteiger partial charge on any atom is -0.497 e. The maximum absolute atomic E-state index is 12.7. The van der Waals surface area contributed by atoms with Crippen molar-refractivity contribution in [1.29, 1.82) is 0 Å². The highest BCUT2D eigenvalue weighted by Gasteiger charge is 2.19. The first-order valence-electron chi connectivity index (χ1n) is 7.66. The Morgan fingerprint density at radius 3 is 2.30 bits per heavy atom. The Balaban J connectivity index is 1.72. The van der Waals surface area contributed by atoms with Crippen molar-refractivity contribution in [3.05, 3.63) is 89.0 Å². The molecule has 0 aromatic heterocycles. The number of ether oxygens (including phenoxy) is 1.